The van der Waals surface area contributed by atoms with Crippen molar-refractivity contribution in [1.82, 2.24) is 10.2 Å². The Morgan fingerprint density at radius 1 is 0.841 bits per heavy atom. The third-order valence-corrected chi connectivity index (χ3v) is 8.66. The third kappa shape index (κ3) is 8.43. The van der Waals surface area contributed by atoms with Crippen molar-refractivity contribution in [3.8, 4) is 17.2 Å². The molecular formula is C33H43N3O7S. The molecule has 0 bridgehead atoms. The topological polar surface area (TPSA) is 114 Å². The number of hydrogen-bond acceptors (Lipinski definition) is 7. The van der Waals surface area contributed by atoms with Gasteiger partial charge in [0.1, 0.15) is 18.3 Å². The van der Waals surface area contributed by atoms with Gasteiger partial charge in [-0.05, 0) is 94.6 Å². The lowest BCUT2D eigenvalue weighted by atomic mass is 10.1. The molecule has 0 aliphatic rings. The van der Waals surface area contributed by atoms with E-state index in [9.17, 15) is 18.0 Å². The molecule has 2 amide bonds. The van der Waals surface area contributed by atoms with E-state index in [1.165, 1.54) is 37.3 Å². The number of nitrogens with zero attached hydrogens (tertiary/aromatic N) is 2. The molecule has 0 fully saturated rings. The van der Waals surface area contributed by atoms with Crippen LogP contribution in [0.5, 0.6) is 17.2 Å². The van der Waals surface area contributed by atoms with Gasteiger partial charge in [-0.15, -0.1) is 0 Å². The number of sulfonamides is 1. The van der Waals surface area contributed by atoms with Gasteiger partial charge in [0.25, 0.3) is 10.0 Å². The van der Waals surface area contributed by atoms with Crippen molar-refractivity contribution in [3.05, 3.63) is 77.4 Å². The fourth-order valence-corrected chi connectivity index (χ4v) is 6.13. The lowest BCUT2D eigenvalue weighted by molar-refractivity contribution is -0.140. The number of amides is 2. The normalized spacial score (nSPS) is 12.2. The molecule has 3 aromatic carbocycles. The minimum atomic E-state index is -4.30. The van der Waals surface area contributed by atoms with E-state index in [1.54, 1.807) is 50.4 Å². The molecule has 3 aromatic rings. The van der Waals surface area contributed by atoms with E-state index in [-0.39, 0.29) is 23.1 Å². The Balaban J connectivity index is 2.11. The van der Waals surface area contributed by atoms with Crippen LogP contribution in [0.3, 0.4) is 0 Å². The number of anilines is 1. The second kappa shape index (κ2) is 14.0. The standard InChI is InChI=1S/C33H43N3O7S/c1-22-16-23(2)18-26(17-22)36(44(39,40)28-14-15-29(42-8)30(19-28)43-9)21-31(37)35(24(3)32(38)34-33(4,5)6)20-25-10-12-27(41-7)13-11-25/h10-19,24H,20-21H2,1-9H3,(H,34,38)/t24-/m1/s1. The molecule has 10 nitrogen and oxygen atoms in total. The van der Waals surface area contributed by atoms with Crippen LogP contribution in [-0.4, -0.2) is 64.6 Å². The number of aryl methyl sites for hydroxylation is 2. The van der Waals surface area contributed by atoms with Crippen LogP contribution in [-0.2, 0) is 26.2 Å². The molecule has 0 radical (unpaired) electrons. The number of rotatable bonds is 12. The van der Waals surface area contributed by atoms with Gasteiger partial charge in [0, 0.05) is 18.2 Å². The Labute approximate surface area is 261 Å². The van der Waals surface area contributed by atoms with Gasteiger partial charge in [-0.2, -0.15) is 0 Å². The zero-order valence-electron chi connectivity index (χ0n) is 26.9. The summed E-state index contributed by atoms with van der Waals surface area (Å²) in [5, 5.41) is 2.93. The second-order valence-corrected chi connectivity index (χ2v) is 13.5. The molecule has 11 heteroatoms. The number of hydrogen-bond donors (Lipinski definition) is 1. The number of carbonyl (C=O) groups excluding carboxylic acids is 2. The SMILES string of the molecule is COc1ccc(CN(C(=O)CN(c2cc(C)cc(C)c2)S(=O)(=O)c2ccc(OC)c(OC)c2)[C@H](C)C(=O)NC(C)(C)C)cc1. The molecule has 1 N–H and O–H groups in total. The van der Waals surface area contributed by atoms with E-state index in [2.05, 4.69) is 5.32 Å². The Morgan fingerprint density at radius 2 is 1.43 bits per heavy atom. The molecule has 0 aliphatic carbocycles. The molecule has 0 unspecified atom stereocenters. The first-order valence-corrected chi connectivity index (χ1v) is 15.6. The summed E-state index contributed by atoms with van der Waals surface area (Å²) in [6.07, 6.45) is 0. The average molecular weight is 626 g/mol. The number of benzene rings is 3. The Hall–Kier alpha value is -4.25. The van der Waals surface area contributed by atoms with Gasteiger partial charge in [-0.25, -0.2) is 8.42 Å². The van der Waals surface area contributed by atoms with Gasteiger partial charge in [0.2, 0.25) is 11.8 Å². The smallest absolute Gasteiger partial charge is 0.264 e. The van der Waals surface area contributed by atoms with Gasteiger partial charge in [-0.3, -0.25) is 13.9 Å². The Kier molecular flexibility index (Phi) is 10.9. The molecule has 238 valence electrons. The van der Waals surface area contributed by atoms with Crippen molar-refractivity contribution in [2.45, 2.75) is 64.6 Å². The molecule has 0 spiro atoms. The lowest BCUT2D eigenvalue weighted by Crippen LogP contribution is -2.54. The first kappa shape index (κ1) is 34.2. The molecule has 44 heavy (non-hydrogen) atoms. The van der Waals surface area contributed by atoms with E-state index in [1.807, 2.05) is 40.7 Å². The molecule has 0 saturated carbocycles. The van der Waals surface area contributed by atoms with Gasteiger partial charge in [0.15, 0.2) is 11.5 Å². The first-order valence-electron chi connectivity index (χ1n) is 14.2. The average Bonchev–Trinajstić information content (AvgIpc) is 2.96. The van der Waals surface area contributed by atoms with Crippen LogP contribution < -0.4 is 23.8 Å². The monoisotopic (exact) mass is 625 g/mol. The van der Waals surface area contributed by atoms with Gasteiger partial charge in [0.05, 0.1) is 31.9 Å². The predicted molar refractivity (Wildman–Crippen MR) is 171 cm³/mol. The highest BCUT2D eigenvalue weighted by Gasteiger charge is 2.34. The molecule has 0 heterocycles. The summed E-state index contributed by atoms with van der Waals surface area (Å²) in [6.45, 7) is 10.4. The fourth-order valence-electron chi connectivity index (χ4n) is 4.71. The van der Waals surface area contributed by atoms with Crippen LogP contribution in [0.15, 0.2) is 65.6 Å². The predicted octanol–water partition coefficient (Wildman–Crippen LogP) is 4.86. The van der Waals surface area contributed by atoms with E-state index < -0.39 is 34.1 Å². The summed E-state index contributed by atoms with van der Waals surface area (Å²) in [5.41, 5.74) is 2.18. The van der Waals surface area contributed by atoms with Crippen LogP contribution in [0.25, 0.3) is 0 Å². The summed E-state index contributed by atoms with van der Waals surface area (Å²) >= 11 is 0. The maximum atomic E-state index is 14.3. The van der Waals surface area contributed by atoms with E-state index in [0.717, 1.165) is 21.0 Å². The summed E-state index contributed by atoms with van der Waals surface area (Å²) in [4.78, 5) is 28.8. The van der Waals surface area contributed by atoms with Crippen molar-refractivity contribution >= 4 is 27.5 Å². The second-order valence-electron chi connectivity index (χ2n) is 11.7. The lowest BCUT2D eigenvalue weighted by Gasteiger charge is -2.33. The van der Waals surface area contributed by atoms with E-state index in [0.29, 0.717) is 17.2 Å². The van der Waals surface area contributed by atoms with Gasteiger partial charge < -0.3 is 24.4 Å². The summed E-state index contributed by atoms with van der Waals surface area (Å²) in [7, 11) is 0.139. The van der Waals surface area contributed by atoms with E-state index >= 15 is 0 Å². The van der Waals surface area contributed by atoms with Crippen molar-refractivity contribution < 1.29 is 32.2 Å². The molecule has 0 aliphatic heterocycles. The first-order chi connectivity index (χ1) is 20.6. The highest BCUT2D eigenvalue weighted by Crippen LogP contribution is 2.33. The highest BCUT2D eigenvalue weighted by molar-refractivity contribution is 7.92. The largest absolute Gasteiger partial charge is 0.497 e. The van der Waals surface area contributed by atoms with Crippen molar-refractivity contribution in [1.29, 1.82) is 0 Å². The molecule has 0 aromatic heterocycles. The van der Waals surface area contributed by atoms with Crippen LogP contribution in [0.4, 0.5) is 5.69 Å². The fraction of sp³-hybridized carbons (Fsp3) is 0.394. The number of ether oxygens (including phenoxy) is 3. The van der Waals surface area contributed by atoms with Crippen molar-refractivity contribution in [2.75, 3.05) is 32.2 Å². The maximum absolute atomic E-state index is 14.3. The van der Waals surface area contributed by atoms with Crippen LogP contribution in [0.1, 0.15) is 44.4 Å². The quantitative estimate of drug-likeness (QED) is 0.306. The Morgan fingerprint density at radius 3 is 1.95 bits per heavy atom. The third-order valence-electron chi connectivity index (χ3n) is 6.89. The number of methoxy groups -OCH3 is 3. The highest BCUT2D eigenvalue weighted by atomic mass is 32.2. The van der Waals surface area contributed by atoms with E-state index in [4.69, 9.17) is 14.2 Å². The minimum Gasteiger partial charge on any atom is -0.497 e. The molecule has 1 atom stereocenters. The molecule has 3 rings (SSSR count). The zero-order chi connectivity index (χ0) is 32.8. The van der Waals surface area contributed by atoms with Crippen LogP contribution in [0, 0.1) is 13.8 Å². The van der Waals surface area contributed by atoms with Crippen molar-refractivity contribution in [3.63, 3.8) is 0 Å². The molecule has 0 saturated heterocycles. The van der Waals surface area contributed by atoms with Crippen LogP contribution >= 0.6 is 0 Å². The summed E-state index contributed by atoms with van der Waals surface area (Å²) in [5.74, 6) is 0.325. The molecular weight excluding hydrogens is 582 g/mol. The summed E-state index contributed by atoms with van der Waals surface area (Å²) < 4.78 is 45.5. The maximum Gasteiger partial charge on any atom is 0.264 e. The number of carbonyl (C=O) groups is 2. The van der Waals surface area contributed by atoms with Crippen molar-refractivity contribution in [2.24, 2.45) is 0 Å². The summed E-state index contributed by atoms with van der Waals surface area (Å²) in [6, 6.07) is 15.8. The minimum absolute atomic E-state index is 0.0681. The number of nitrogens with one attached hydrogen (secondary N) is 1. The van der Waals surface area contributed by atoms with Gasteiger partial charge >= 0.3 is 0 Å². The zero-order valence-corrected chi connectivity index (χ0v) is 27.7. The van der Waals surface area contributed by atoms with Crippen LogP contribution in [0.2, 0.25) is 0 Å². The Bertz CT molecular complexity index is 1560. The van der Waals surface area contributed by atoms with Gasteiger partial charge in [-0.1, -0.05) is 18.2 Å².